The highest BCUT2D eigenvalue weighted by atomic mass is 16.5. The Labute approximate surface area is 140 Å². The van der Waals surface area contributed by atoms with Crippen LogP contribution < -0.4 is 10.1 Å². The summed E-state index contributed by atoms with van der Waals surface area (Å²) in [6.07, 6.45) is 4.22. The molecule has 0 fully saturated rings. The number of aromatic nitrogens is 1. The summed E-state index contributed by atoms with van der Waals surface area (Å²) >= 11 is 0. The molecule has 0 saturated heterocycles. The molecule has 0 aliphatic carbocycles. The summed E-state index contributed by atoms with van der Waals surface area (Å²) in [5.74, 6) is 1.30. The number of hydrogen-bond acceptors (Lipinski definition) is 4. The molecule has 1 N–H and O–H groups in total. The van der Waals surface area contributed by atoms with Crippen LogP contribution >= 0.6 is 0 Å². The zero-order chi connectivity index (χ0) is 16.8. The number of ether oxygens (including phenoxy) is 1. The van der Waals surface area contributed by atoms with E-state index in [2.05, 4.69) is 17.2 Å². The fraction of sp³-hybridized carbons (Fsp3) is 0.158. The predicted octanol–water partition coefficient (Wildman–Crippen LogP) is 4.07. The van der Waals surface area contributed by atoms with Crippen LogP contribution in [0.25, 0.3) is 0 Å². The molecule has 0 aliphatic rings. The van der Waals surface area contributed by atoms with Crippen LogP contribution in [0.3, 0.4) is 0 Å². The number of amides is 1. The molecule has 3 aromatic rings. The molecule has 0 spiro atoms. The maximum absolute atomic E-state index is 12.1. The first-order valence-corrected chi connectivity index (χ1v) is 7.76. The summed E-state index contributed by atoms with van der Waals surface area (Å²) in [5.41, 5.74) is 1.93. The molecule has 2 aromatic heterocycles. The van der Waals surface area contributed by atoms with Crippen molar-refractivity contribution in [3.63, 3.8) is 0 Å². The van der Waals surface area contributed by atoms with E-state index in [1.165, 1.54) is 5.56 Å². The lowest BCUT2D eigenvalue weighted by molar-refractivity contribution is 0.0992. The second-order valence-electron chi connectivity index (χ2n) is 5.24. The number of benzene rings is 1. The molecular weight excluding hydrogens is 304 g/mol. The standard InChI is InChI=1S/C19H18N2O3/c1-2-14-3-5-16(6-4-14)23-13-17-7-8-18(24-17)19(22)21-15-9-11-20-12-10-15/h3-12H,2,13H2,1H3,(H,20,21,22). The van der Waals surface area contributed by atoms with Gasteiger partial charge in [0.15, 0.2) is 5.76 Å². The van der Waals surface area contributed by atoms with Gasteiger partial charge in [-0.05, 0) is 48.4 Å². The second kappa shape index (κ2) is 7.46. The number of furan rings is 1. The van der Waals surface area contributed by atoms with Crippen LogP contribution in [0.2, 0.25) is 0 Å². The Morgan fingerprint density at radius 3 is 2.54 bits per heavy atom. The van der Waals surface area contributed by atoms with Crippen LogP contribution in [0.1, 0.15) is 28.8 Å². The minimum atomic E-state index is -0.306. The molecule has 1 aromatic carbocycles. The Kier molecular flexibility index (Phi) is 4.91. The van der Waals surface area contributed by atoms with Crippen molar-refractivity contribution in [1.29, 1.82) is 0 Å². The van der Waals surface area contributed by atoms with Gasteiger partial charge in [-0.2, -0.15) is 0 Å². The van der Waals surface area contributed by atoms with Crippen molar-refractivity contribution in [3.05, 3.63) is 78.0 Å². The molecule has 1 amide bonds. The number of carbonyl (C=O) groups is 1. The van der Waals surface area contributed by atoms with Gasteiger partial charge in [-0.3, -0.25) is 9.78 Å². The van der Waals surface area contributed by atoms with Gasteiger partial charge < -0.3 is 14.5 Å². The highest BCUT2D eigenvalue weighted by molar-refractivity contribution is 6.02. The third-order valence-electron chi connectivity index (χ3n) is 3.54. The van der Waals surface area contributed by atoms with Gasteiger partial charge in [0.25, 0.3) is 5.91 Å². The number of aryl methyl sites for hydroxylation is 1. The van der Waals surface area contributed by atoms with Gasteiger partial charge >= 0.3 is 0 Å². The van der Waals surface area contributed by atoms with Gasteiger partial charge in [0, 0.05) is 18.1 Å². The minimum Gasteiger partial charge on any atom is -0.486 e. The van der Waals surface area contributed by atoms with Gasteiger partial charge in [-0.1, -0.05) is 19.1 Å². The molecule has 0 bridgehead atoms. The molecule has 122 valence electrons. The number of rotatable bonds is 6. The van der Waals surface area contributed by atoms with E-state index in [0.29, 0.717) is 11.4 Å². The number of pyridine rings is 1. The summed E-state index contributed by atoms with van der Waals surface area (Å²) in [7, 11) is 0. The first-order chi connectivity index (χ1) is 11.7. The zero-order valence-corrected chi connectivity index (χ0v) is 13.4. The first-order valence-electron chi connectivity index (χ1n) is 7.76. The average Bonchev–Trinajstić information content (AvgIpc) is 3.10. The lowest BCUT2D eigenvalue weighted by Crippen LogP contribution is -2.10. The maximum atomic E-state index is 12.1. The second-order valence-corrected chi connectivity index (χ2v) is 5.24. The van der Waals surface area contributed by atoms with E-state index < -0.39 is 0 Å². The van der Waals surface area contributed by atoms with Crippen LogP contribution in [0.5, 0.6) is 5.75 Å². The number of nitrogens with zero attached hydrogens (tertiary/aromatic N) is 1. The molecular formula is C19H18N2O3. The Bertz CT molecular complexity index is 795. The van der Waals surface area contributed by atoms with Gasteiger partial charge in [0.05, 0.1) is 0 Å². The quantitative estimate of drug-likeness (QED) is 0.743. The maximum Gasteiger partial charge on any atom is 0.291 e. The summed E-state index contributed by atoms with van der Waals surface area (Å²) in [6.45, 7) is 2.38. The van der Waals surface area contributed by atoms with E-state index in [0.717, 1.165) is 12.2 Å². The van der Waals surface area contributed by atoms with Crippen LogP contribution in [0, 0.1) is 0 Å². The number of anilines is 1. The van der Waals surface area contributed by atoms with E-state index >= 15 is 0 Å². The zero-order valence-electron chi connectivity index (χ0n) is 13.4. The van der Waals surface area contributed by atoms with Crippen LogP contribution in [-0.2, 0) is 13.0 Å². The molecule has 5 heteroatoms. The Hall–Kier alpha value is -3.08. The summed E-state index contributed by atoms with van der Waals surface area (Å²) < 4.78 is 11.2. The number of carbonyl (C=O) groups excluding carboxylic acids is 1. The van der Waals surface area contributed by atoms with Crippen LogP contribution in [0.4, 0.5) is 5.69 Å². The topological polar surface area (TPSA) is 64.4 Å². The summed E-state index contributed by atoms with van der Waals surface area (Å²) in [5, 5.41) is 2.74. The highest BCUT2D eigenvalue weighted by Crippen LogP contribution is 2.16. The fourth-order valence-corrected chi connectivity index (χ4v) is 2.18. The third-order valence-corrected chi connectivity index (χ3v) is 3.54. The van der Waals surface area contributed by atoms with E-state index in [9.17, 15) is 4.79 Å². The van der Waals surface area contributed by atoms with E-state index in [4.69, 9.17) is 9.15 Å². The molecule has 2 heterocycles. The summed E-state index contributed by atoms with van der Waals surface area (Å²) in [4.78, 5) is 16.0. The van der Waals surface area contributed by atoms with Crippen molar-refractivity contribution in [3.8, 4) is 5.75 Å². The van der Waals surface area contributed by atoms with Gasteiger partial charge in [-0.15, -0.1) is 0 Å². The molecule has 0 aliphatic heterocycles. The van der Waals surface area contributed by atoms with Gasteiger partial charge in [0.1, 0.15) is 18.1 Å². The van der Waals surface area contributed by atoms with E-state index in [1.54, 1.807) is 36.7 Å². The van der Waals surface area contributed by atoms with Crippen molar-refractivity contribution >= 4 is 11.6 Å². The first kappa shape index (κ1) is 15.8. The molecule has 3 rings (SSSR count). The third kappa shape index (κ3) is 4.01. The predicted molar refractivity (Wildman–Crippen MR) is 91.1 cm³/mol. The molecule has 0 atom stereocenters. The Balaban J connectivity index is 1.57. The van der Waals surface area contributed by atoms with Crippen LogP contribution in [0.15, 0.2) is 65.3 Å². The number of nitrogens with one attached hydrogen (secondary N) is 1. The van der Waals surface area contributed by atoms with Gasteiger partial charge in [0.2, 0.25) is 0 Å². The van der Waals surface area contributed by atoms with E-state index in [1.807, 2.05) is 24.3 Å². The largest absolute Gasteiger partial charge is 0.486 e. The lowest BCUT2D eigenvalue weighted by Gasteiger charge is -2.05. The molecule has 0 saturated carbocycles. The van der Waals surface area contributed by atoms with Gasteiger partial charge in [-0.25, -0.2) is 0 Å². The normalized spacial score (nSPS) is 10.4. The minimum absolute atomic E-state index is 0.242. The molecule has 24 heavy (non-hydrogen) atoms. The average molecular weight is 322 g/mol. The Morgan fingerprint density at radius 1 is 1.08 bits per heavy atom. The Morgan fingerprint density at radius 2 is 1.83 bits per heavy atom. The fourth-order valence-electron chi connectivity index (χ4n) is 2.18. The molecule has 0 unspecified atom stereocenters. The number of hydrogen-bond donors (Lipinski definition) is 1. The van der Waals surface area contributed by atoms with Crippen molar-refractivity contribution < 1.29 is 13.9 Å². The van der Waals surface area contributed by atoms with Crippen molar-refractivity contribution in [2.24, 2.45) is 0 Å². The highest BCUT2D eigenvalue weighted by Gasteiger charge is 2.11. The molecule has 0 radical (unpaired) electrons. The molecule has 5 nitrogen and oxygen atoms in total. The van der Waals surface area contributed by atoms with Crippen molar-refractivity contribution in [2.45, 2.75) is 20.0 Å². The smallest absolute Gasteiger partial charge is 0.291 e. The van der Waals surface area contributed by atoms with Crippen molar-refractivity contribution in [1.82, 2.24) is 4.98 Å². The SMILES string of the molecule is CCc1ccc(OCc2ccc(C(=O)Nc3ccncc3)o2)cc1. The monoisotopic (exact) mass is 322 g/mol. The summed E-state index contributed by atoms with van der Waals surface area (Å²) in [6, 6.07) is 14.7. The van der Waals surface area contributed by atoms with Crippen LogP contribution in [-0.4, -0.2) is 10.9 Å². The van der Waals surface area contributed by atoms with E-state index in [-0.39, 0.29) is 18.3 Å². The van der Waals surface area contributed by atoms with Crippen molar-refractivity contribution in [2.75, 3.05) is 5.32 Å². The lowest BCUT2D eigenvalue weighted by atomic mass is 10.2.